The van der Waals surface area contributed by atoms with E-state index in [1.807, 2.05) is 18.2 Å². The molecule has 0 fully saturated rings. The summed E-state index contributed by atoms with van der Waals surface area (Å²) in [5.74, 6) is -0.754. The molecule has 1 aliphatic heterocycles. The smallest absolute Gasteiger partial charge is 0.264 e. The van der Waals surface area contributed by atoms with Crippen molar-refractivity contribution in [1.82, 2.24) is 5.32 Å². The van der Waals surface area contributed by atoms with Crippen LogP contribution in [0.4, 0.5) is 10.1 Å². The number of thioether (sulfide) groups is 1. The molecule has 1 unspecified atom stereocenters. The van der Waals surface area contributed by atoms with E-state index in [1.165, 1.54) is 33.9 Å². The fourth-order valence-electron chi connectivity index (χ4n) is 4.41. The maximum absolute atomic E-state index is 14.1. The lowest BCUT2D eigenvalue weighted by Crippen LogP contribution is -2.32. The summed E-state index contributed by atoms with van der Waals surface area (Å²) in [6.45, 7) is 0. The normalized spacial score (nSPS) is 18.6. The Morgan fingerprint density at radius 3 is 2.76 bits per heavy atom. The first-order chi connectivity index (χ1) is 16.0. The lowest BCUT2D eigenvalue weighted by atomic mass is 9.87. The van der Waals surface area contributed by atoms with Gasteiger partial charge in [0.1, 0.15) is 5.82 Å². The fourth-order valence-corrected chi connectivity index (χ4v) is 5.50. The highest BCUT2D eigenvalue weighted by Gasteiger charge is 2.28. The van der Waals surface area contributed by atoms with E-state index < -0.39 is 0 Å². The van der Waals surface area contributed by atoms with Crippen molar-refractivity contribution in [2.24, 2.45) is 0 Å². The molecule has 1 N–H and O–H groups in total. The Morgan fingerprint density at radius 2 is 1.91 bits per heavy atom. The highest BCUT2D eigenvalue weighted by atomic mass is 32.2. The van der Waals surface area contributed by atoms with Gasteiger partial charge in [-0.05, 0) is 60.7 Å². The highest BCUT2D eigenvalue weighted by Crippen LogP contribution is 2.42. The van der Waals surface area contributed by atoms with Crippen molar-refractivity contribution in [2.45, 2.75) is 30.2 Å². The predicted molar refractivity (Wildman–Crippen MR) is 130 cm³/mol. The number of nitrogens with one attached hydrogen (secondary N) is 1. The number of fused-ring (bicyclic) bond motifs is 2. The van der Waals surface area contributed by atoms with Crippen molar-refractivity contribution in [3.05, 3.63) is 99.7 Å². The minimum atomic E-state index is -0.372. The zero-order chi connectivity index (χ0) is 22.9. The predicted octanol–water partition coefficient (Wildman–Crippen LogP) is 5.74. The summed E-state index contributed by atoms with van der Waals surface area (Å²) in [4.78, 5) is 28.8. The summed E-state index contributed by atoms with van der Waals surface area (Å²) in [6, 6.07) is 20.0. The third kappa shape index (κ3) is 4.18. The van der Waals surface area contributed by atoms with Crippen LogP contribution in [0.25, 0.3) is 6.08 Å². The molecule has 3 aromatic rings. The summed E-state index contributed by atoms with van der Waals surface area (Å²) in [6.07, 6.45) is 4.56. The number of hydrogen-bond donors (Lipinski definition) is 1. The van der Waals surface area contributed by atoms with Crippen molar-refractivity contribution >= 4 is 35.3 Å². The van der Waals surface area contributed by atoms with Crippen molar-refractivity contribution in [2.75, 3.05) is 11.9 Å². The van der Waals surface area contributed by atoms with E-state index in [2.05, 4.69) is 17.4 Å². The summed E-state index contributed by atoms with van der Waals surface area (Å²) in [7, 11) is 1.68. The molecule has 0 bridgehead atoms. The minimum absolute atomic E-state index is 0.0116. The number of aryl methyl sites for hydroxylation is 1. The van der Waals surface area contributed by atoms with Crippen molar-refractivity contribution in [3.8, 4) is 0 Å². The number of carbonyl (C=O) groups is 2. The van der Waals surface area contributed by atoms with Gasteiger partial charge in [-0.1, -0.05) is 54.2 Å². The van der Waals surface area contributed by atoms with E-state index in [-0.39, 0.29) is 23.7 Å². The average molecular weight is 459 g/mol. The van der Waals surface area contributed by atoms with Gasteiger partial charge in [0.15, 0.2) is 0 Å². The lowest BCUT2D eigenvalue weighted by Gasteiger charge is -2.28. The van der Waals surface area contributed by atoms with Gasteiger partial charge in [-0.25, -0.2) is 4.39 Å². The van der Waals surface area contributed by atoms with E-state index >= 15 is 0 Å². The van der Waals surface area contributed by atoms with Gasteiger partial charge in [0, 0.05) is 23.1 Å². The van der Waals surface area contributed by atoms with Gasteiger partial charge in [-0.2, -0.15) is 0 Å². The maximum Gasteiger partial charge on any atom is 0.264 e. The highest BCUT2D eigenvalue weighted by molar-refractivity contribution is 8.04. The van der Waals surface area contributed by atoms with Crippen LogP contribution in [0.5, 0.6) is 0 Å². The third-order valence-corrected chi connectivity index (χ3v) is 7.26. The molecule has 1 aliphatic carbocycles. The third-order valence-electron chi connectivity index (χ3n) is 6.18. The molecule has 166 valence electrons. The molecule has 0 radical (unpaired) electrons. The van der Waals surface area contributed by atoms with Crippen LogP contribution in [-0.4, -0.2) is 18.9 Å². The topological polar surface area (TPSA) is 49.4 Å². The standard InChI is InChI=1S/C27H23FN2O2S/c1-30-23-15-19(26(31)29-22-12-6-9-17-7-2-4-10-20(17)22)13-14-24(23)33-25(27(30)32)16-18-8-3-5-11-21(18)28/h2-5,7-8,10-11,13-16,22H,6,9,12H2,1H3,(H,29,31)/b25-16-. The van der Waals surface area contributed by atoms with Crippen LogP contribution < -0.4 is 10.2 Å². The fraction of sp³-hybridized carbons (Fsp3) is 0.185. The van der Waals surface area contributed by atoms with Crippen LogP contribution in [0.15, 0.2) is 76.5 Å². The number of nitrogens with zero attached hydrogens (tertiary/aromatic N) is 1. The van der Waals surface area contributed by atoms with Crippen LogP contribution in [-0.2, 0) is 11.2 Å². The van der Waals surface area contributed by atoms with Crippen LogP contribution in [0.3, 0.4) is 0 Å². The first-order valence-corrected chi connectivity index (χ1v) is 11.8. The van der Waals surface area contributed by atoms with Gasteiger partial charge in [0.25, 0.3) is 11.8 Å². The Balaban J connectivity index is 1.39. The second-order valence-electron chi connectivity index (χ2n) is 8.30. The maximum atomic E-state index is 14.1. The number of rotatable bonds is 3. The molecule has 5 rings (SSSR count). The summed E-state index contributed by atoms with van der Waals surface area (Å²) in [5.41, 5.74) is 4.02. The monoisotopic (exact) mass is 458 g/mol. The largest absolute Gasteiger partial charge is 0.345 e. The van der Waals surface area contributed by atoms with E-state index in [1.54, 1.807) is 43.5 Å². The summed E-state index contributed by atoms with van der Waals surface area (Å²) >= 11 is 1.29. The summed E-state index contributed by atoms with van der Waals surface area (Å²) in [5, 5.41) is 3.17. The lowest BCUT2D eigenvalue weighted by molar-refractivity contribution is -0.114. The number of carbonyl (C=O) groups excluding carboxylic acids is 2. The zero-order valence-electron chi connectivity index (χ0n) is 18.2. The van der Waals surface area contributed by atoms with Crippen molar-refractivity contribution < 1.29 is 14.0 Å². The molecule has 0 saturated heterocycles. The van der Waals surface area contributed by atoms with Crippen LogP contribution >= 0.6 is 11.8 Å². The quantitative estimate of drug-likeness (QED) is 0.509. The zero-order valence-corrected chi connectivity index (χ0v) is 19.0. The van der Waals surface area contributed by atoms with Crippen LogP contribution in [0.1, 0.15) is 45.9 Å². The molecular formula is C27H23FN2O2S. The van der Waals surface area contributed by atoms with Crippen LogP contribution in [0, 0.1) is 5.82 Å². The minimum Gasteiger partial charge on any atom is -0.345 e. The number of anilines is 1. The van der Waals surface area contributed by atoms with Crippen molar-refractivity contribution in [3.63, 3.8) is 0 Å². The van der Waals surface area contributed by atoms with E-state index in [0.29, 0.717) is 21.7 Å². The van der Waals surface area contributed by atoms with E-state index in [0.717, 1.165) is 24.2 Å². The molecule has 33 heavy (non-hydrogen) atoms. The van der Waals surface area contributed by atoms with Gasteiger partial charge in [-0.15, -0.1) is 0 Å². The molecule has 0 saturated carbocycles. The molecular weight excluding hydrogens is 435 g/mol. The Morgan fingerprint density at radius 1 is 1.12 bits per heavy atom. The molecule has 3 aromatic carbocycles. The van der Waals surface area contributed by atoms with Crippen molar-refractivity contribution in [1.29, 1.82) is 0 Å². The average Bonchev–Trinajstić information content (AvgIpc) is 2.84. The Kier molecular flexibility index (Phi) is 5.77. The molecule has 1 heterocycles. The molecule has 0 spiro atoms. The van der Waals surface area contributed by atoms with E-state index in [4.69, 9.17) is 0 Å². The van der Waals surface area contributed by atoms with Gasteiger partial charge in [0.2, 0.25) is 0 Å². The number of benzene rings is 3. The Bertz CT molecular complexity index is 1290. The second-order valence-corrected chi connectivity index (χ2v) is 9.38. The molecule has 2 amide bonds. The molecule has 6 heteroatoms. The number of halogens is 1. The second kappa shape index (κ2) is 8.87. The Hall–Kier alpha value is -3.38. The first kappa shape index (κ1) is 21.5. The molecule has 1 atom stereocenters. The molecule has 4 nitrogen and oxygen atoms in total. The number of likely N-dealkylation sites (N-methyl/N-ethyl adjacent to an activating group) is 1. The van der Waals surface area contributed by atoms with Crippen LogP contribution in [0.2, 0.25) is 0 Å². The number of amides is 2. The first-order valence-electron chi connectivity index (χ1n) is 11.0. The molecule has 2 aliphatic rings. The molecule has 0 aromatic heterocycles. The van der Waals surface area contributed by atoms with E-state index in [9.17, 15) is 14.0 Å². The Labute approximate surface area is 196 Å². The van der Waals surface area contributed by atoms with Gasteiger partial charge >= 0.3 is 0 Å². The van der Waals surface area contributed by atoms with Gasteiger partial charge in [-0.3, -0.25) is 9.59 Å². The summed E-state index contributed by atoms with van der Waals surface area (Å²) < 4.78 is 14.1. The SMILES string of the molecule is CN1C(=O)/C(=C/c2ccccc2F)Sc2ccc(C(=O)NC3CCCc4ccccc43)cc21. The van der Waals surface area contributed by atoms with Gasteiger partial charge < -0.3 is 10.2 Å². The number of hydrogen-bond acceptors (Lipinski definition) is 3. The van der Waals surface area contributed by atoms with Gasteiger partial charge in [0.05, 0.1) is 16.6 Å².